The summed E-state index contributed by atoms with van der Waals surface area (Å²) in [6, 6.07) is 2.62. The second-order valence-corrected chi connectivity index (χ2v) is 4.99. The van der Waals surface area contributed by atoms with Crippen molar-refractivity contribution in [2.75, 3.05) is 6.26 Å². The summed E-state index contributed by atoms with van der Waals surface area (Å²) in [6.07, 6.45) is 1.35. The highest BCUT2D eigenvalue weighted by molar-refractivity contribution is 7.98. The van der Waals surface area contributed by atoms with Gasteiger partial charge in [0.05, 0.1) is 11.1 Å². The van der Waals surface area contributed by atoms with E-state index in [-0.39, 0.29) is 17.1 Å². The molecule has 0 amide bonds. The van der Waals surface area contributed by atoms with E-state index in [4.69, 9.17) is 4.42 Å². The Morgan fingerprint density at radius 3 is 2.76 bits per heavy atom. The van der Waals surface area contributed by atoms with Crippen LogP contribution in [0.5, 0.6) is 0 Å². The van der Waals surface area contributed by atoms with Crippen molar-refractivity contribution < 1.29 is 17.6 Å². The molecule has 3 heterocycles. The summed E-state index contributed by atoms with van der Waals surface area (Å²) in [5, 5.41) is 0. The normalized spacial score (nSPS) is 12.0. The van der Waals surface area contributed by atoms with E-state index in [0.29, 0.717) is 5.56 Å². The van der Waals surface area contributed by atoms with Gasteiger partial charge in [-0.05, 0) is 18.4 Å². The third-order valence-corrected chi connectivity index (χ3v) is 3.57. The molecule has 3 rings (SSSR count). The molecule has 0 aromatic carbocycles. The zero-order chi connectivity index (χ0) is 15.0. The van der Waals surface area contributed by atoms with Crippen LogP contribution in [0.3, 0.4) is 0 Å². The molecule has 4 nitrogen and oxygen atoms in total. The lowest BCUT2D eigenvalue weighted by atomic mass is 10.2. The first-order chi connectivity index (χ1) is 9.99. The van der Waals surface area contributed by atoms with Gasteiger partial charge in [-0.25, -0.2) is 9.97 Å². The Morgan fingerprint density at radius 2 is 2.05 bits per heavy atom. The van der Waals surface area contributed by atoms with Gasteiger partial charge in [-0.15, -0.1) is 11.8 Å². The molecule has 0 aliphatic heterocycles. The Bertz CT molecular complexity index is 801. The van der Waals surface area contributed by atoms with Gasteiger partial charge in [-0.1, -0.05) is 0 Å². The second kappa shape index (κ2) is 5.03. The van der Waals surface area contributed by atoms with Crippen molar-refractivity contribution in [2.45, 2.75) is 11.1 Å². The van der Waals surface area contributed by atoms with Gasteiger partial charge in [0.15, 0.2) is 0 Å². The van der Waals surface area contributed by atoms with Crippen LogP contribution in [0.4, 0.5) is 13.2 Å². The van der Waals surface area contributed by atoms with Crippen LogP contribution in [0.2, 0.25) is 0 Å². The zero-order valence-electron chi connectivity index (χ0n) is 10.7. The largest absolute Gasteiger partial charge is 0.418 e. The van der Waals surface area contributed by atoms with Crippen molar-refractivity contribution in [2.24, 2.45) is 0 Å². The molecule has 8 heteroatoms. The number of halogens is 3. The second-order valence-electron chi connectivity index (χ2n) is 4.14. The summed E-state index contributed by atoms with van der Waals surface area (Å²) in [5.74, 6) is 0.226. The number of rotatable bonds is 2. The Labute approximate surface area is 121 Å². The number of fused-ring (bicyclic) bond motifs is 1. The minimum absolute atomic E-state index is 0.0712. The summed E-state index contributed by atoms with van der Waals surface area (Å²) in [5.41, 5.74) is -0.0377. The molecular formula is C13H8F3N3OS. The van der Waals surface area contributed by atoms with Crippen LogP contribution < -0.4 is 0 Å². The SMILES string of the molecule is CSc1cnccc1-c1nc2cc(C(F)(F)F)cnc2o1. The molecule has 0 radical (unpaired) electrons. The van der Waals surface area contributed by atoms with Crippen molar-refractivity contribution in [3.05, 3.63) is 36.3 Å². The number of hydrogen-bond donors (Lipinski definition) is 0. The van der Waals surface area contributed by atoms with Crippen molar-refractivity contribution >= 4 is 23.0 Å². The fourth-order valence-corrected chi connectivity index (χ4v) is 2.35. The highest BCUT2D eigenvalue weighted by atomic mass is 32.2. The van der Waals surface area contributed by atoms with Crippen molar-refractivity contribution in [3.63, 3.8) is 0 Å². The third kappa shape index (κ3) is 2.58. The van der Waals surface area contributed by atoms with Crippen LogP contribution in [0.1, 0.15) is 5.56 Å². The van der Waals surface area contributed by atoms with Crippen LogP contribution in [0.15, 0.2) is 40.0 Å². The highest BCUT2D eigenvalue weighted by Gasteiger charge is 2.31. The molecule has 0 spiro atoms. The topological polar surface area (TPSA) is 51.8 Å². The summed E-state index contributed by atoms with van der Waals surface area (Å²) in [7, 11) is 0. The first kappa shape index (κ1) is 13.9. The maximum absolute atomic E-state index is 12.7. The summed E-state index contributed by atoms with van der Waals surface area (Å²) in [4.78, 5) is 12.6. The van der Waals surface area contributed by atoms with Gasteiger partial charge >= 0.3 is 6.18 Å². The highest BCUT2D eigenvalue weighted by Crippen LogP contribution is 2.33. The van der Waals surface area contributed by atoms with E-state index >= 15 is 0 Å². The summed E-state index contributed by atoms with van der Waals surface area (Å²) in [6.45, 7) is 0. The van der Waals surface area contributed by atoms with E-state index in [9.17, 15) is 13.2 Å². The Balaban J connectivity index is 2.13. The maximum Gasteiger partial charge on any atom is 0.417 e. The van der Waals surface area contributed by atoms with Gasteiger partial charge in [0, 0.05) is 23.5 Å². The van der Waals surface area contributed by atoms with Gasteiger partial charge in [-0.3, -0.25) is 4.98 Å². The minimum atomic E-state index is -4.46. The number of nitrogens with zero attached hydrogens (tertiary/aromatic N) is 3. The number of aromatic nitrogens is 3. The van der Waals surface area contributed by atoms with Crippen LogP contribution in [0, 0.1) is 0 Å². The number of alkyl halides is 3. The van der Waals surface area contributed by atoms with Crippen LogP contribution in [0.25, 0.3) is 22.7 Å². The van der Waals surface area contributed by atoms with Gasteiger partial charge in [0.1, 0.15) is 5.52 Å². The van der Waals surface area contributed by atoms with E-state index in [0.717, 1.165) is 17.2 Å². The Kier molecular flexibility index (Phi) is 3.32. The zero-order valence-corrected chi connectivity index (χ0v) is 11.5. The van der Waals surface area contributed by atoms with Gasteiger partial charge in [-0.2, -0.15) is 13.2 Å². The molecule has 0 bridgehead atoms. The molecule has 108 valence electrons. The van der Waals surface area contributed by atoms with Gasteiger partial charge in [0.2, 0.25) is 11.6 Å². The number of thioether (sulfide) groups is 1. The maximum atomic E-state index is 12.7. The van der Waals surface area contributed by atoms with Crippen LogP contribution >= 0.6 is 11.8 Å². The molecule has 3 aromatic heterocycles. The van der Waals surface area contributed by atoms with E-state index in [1.54, 1.807) is 18.5 Å². The van der Waals surface area contributed by atoms with Gasteiger partial charge in [0.25, 0.3) is 0 Å². The predicted molar refractivity (Wildman–Crippen MR) is 71.8 cm³/mol. The molecule has 0 atom stereocenters. The molecule has 3 aromatic rings. The van der Waals surface area contributed by atoms with Crippen LogP contribution in [-0.4, -0.2) is 21.2 Å². The standard InChI is InChI=1S/C13H8F3N3OS/c1-21-10-6-17-3-2-8(10)11-19-9-4-7(13(14,15)16)5-18-12(9)20-11/h2-6H,1H3. The van der Waals surface area contributed by atoms with Gasteiger partial charge < -0.3 is 4.42 Å². The molecule has 0 aliphatic rings. The first-order valence-electron chi connectivity index (χ1n) is 5.81. The average molecular weight is 311 g/mol. The predicted octanol–water partition coefficient (Wildman–Crippen LogP) is 4.03. The smallest absolute Gasteiger partial charge is 0.417 e. The lowest BCUT2D eigenvalue weighted by Crippen LogP contribution is -2.04. The summed E-state index contributed by atoms with van der Waals surface area (Å²) < 4.78 is 43.4. The monoisotopic (exact) mass is 311 g/mol. The molecule has 0 N–H and O–H groups in total. The molecule has 0 saturated heterocycles. The minimum Gasteiger partial charge on any atom is -0.418 e. The molecular weight excluding hydrogens is 303 g/mol. The lowest BCUT2D eigenvalue weighted by Gasteiger charge is -2.03. The molecule has 0 unspecified atom stereocenters. The summed E-state index contributed by atoms with van der Waals surface area (Å²) >= 11 is 1.44. The first-order valence-corrected chi connectivity index (χ1v) is 7.03. The number of pyridine rings is 2. The fraction of sp³-hybridized carbons (Fsp3) is 0.154. The number of oxazole rings is 1. The molecule has 0 saturated carbocycles. The van der Waals surface area contributed by atoms with Crippen molar-refractivity contribution in [3.8, 4) is 11.5 Å². The molecule has 0 fully saturated rings. The molecule has 0 aliphatic carbocycles. The van der Waals surface area contributed by atoms with Crippen molar-refractivity contribution in [1.29, 1.82) is 0 Å². The fourth-order valence-electron chi connectivity index (χ4n) is 1.81. The quantitative estimate of drug-likeness (QED) is 0.669. The van der Waals surface area contributed by atoms with E-state index in [1.807, 2.05) is 6.26 Å². The number of hydrogen-bond acceptors (Lipinski definition) is 5. The van der Waals surface area contributed by atoms with E-state index in [1.165, 1.54) is 11.8 Å². The molecule has 21 heavy (non-hydrogen) atoms. The van der Waals surface area contributed by atoms with E-state index < -0.39 is 11.7 Å². The Morgan fingerprint density at radius 1 is 1.24 bits per heavy atom. The Hall–Kier alpha value is -2.09. The van der Waals surface area contributed by atoms with Crippen molar-refractivity contribution in [1.82, 2.24) is 15.0 Å². The van der Waals surface area contributed by atoms with E-state index in [2.05, 4.69) is 15.0 Å². The third-order valence-electron chi connectivity index (χ3n) is 2.81. The average Bonchev–Trinajstić information content (AvgIpc) is 2.89. The van der Waals surface area contributed by atoms with Crippen LogP contribution in [-0.2, 0) is 6.18 Å². The lowest BCUT2D eigenvalue weighted by molar-refractivity contribution is -0.137.